The van der Waals surface area contributed by atoms with Gasteiger partial charge >= 0.3 is 0 Å². The van der Waals surface area contributed by atoms with Crippen LogP contribution >= 0.6 is 0 Å². The van der Waals surface area contributed by atoms with Crippen LogP contribution in [-0.4, -0.2) is 25.3 Å². The number of ether oxygens (including phenoxy) is 3. The average Bonchev–Trinajstić information content (AvgIpc) is 3.02. The first-order valence-corrected chi connectivity index (χ1v) is 8.57. The maximum absolute atomic E-state index is 14.3. The zero-order valence-corrected chi connectivity index (χ0v) is 14.9. The van der Waals surface area contributed by atoms with Gasteiger partial charge in [-0.3, -0.25) is 4.79 Å². The summed E-state index contributed by atoms with van der Waals surface area (Å²) in [5, 5.41) is 0. The molecule has 0 amide bonds. The number of rotatable bonds is 6. The van der Waals surface area contributed by atoms with Crippen LogP contribution in [0.3, 0.4) is 0 Å². The number of fused-ring (bicyclic) bond motifs is 1. The van der Waals surface area contributed by atoms with E-state index in [1.165, 1.54) is 13.2 Å². The van der Waals surface area contributed by atoms with Crippen LogP contribution in [0.5, 0.6) is 5.75 Å². The van der Waals surface area contributed by atoms with E-state index in [1.54, 1.807) is 6.08 Å². The summed E-state index contributed by atoms with van der Waals surface area (Å²) >= 11 is 0. The van der Waals surface area contributed by atoms with E-state index in [4.69, 9.17) is 14.2 Å². The van der Waals surface area contributed by atoms with Crippen LogP contribution in [0.1, 0.15) is 25.3 Å². The lowest BCUT2D eigenvalue weighted by atomic mass is 9.71. The summed E-state index contributed by atoms with van der Waals surface area (Å²) in [5.41, 5.74) is -0.582. The van der Waals surface area contributed by atoms with Crippen molar-refractivity contribution in [3.63, 3.8) is 0 Å². The molecule has 0 aromatic heterocycles. The lowest BCUT2D eigenvalue weighted by Gasteiger charge is -2.38. The molecule has 0 N–H and O–H groups in total. The molecule has 0 bridgehead atoms. The molecule has 2 aliphatic rings. The number of carbonyl (C=O) groups excluding carboxylic acids is 1. The Hall–Kier alpha value is -2.21. The Morgan fingerprint density at radius 2 is 2.19 bits per heavy atom. The Kier molecular flexibility index (Phi) is 5.14. The zero-order valence-electron chi connectivity index (χ0n) is 14.9. The van der Waals surface area contributed by atoms with E-state index in [0.717, 1.165) is 12.1 Å². The summed E-state index contributed by atoms with van der Waals surface area (Å²) in [6, 6.07) is 2.19. The average molecular weight is 364 g/mol. The molecule has 0 spiro atoms. The van der Waals surface area contributed by atoms with Gasteiger partial charge in [-0.05, 0) is 36.8 Å². The Balaban J connectivity index is 1.89. The van der Waals surface area contributed by atoms with Crippen molar-refractivity contribution in [2.75, 3.05) is 13.9 Å². The lowest BCUT2D eigenvalue weighted by Crippen LogP contribution is -2.45. The third-order valence-electron chi connectivity index (χ3n) is 5.27. The number of ketones is 1. The maximum Gasteiger partial charge on any atom is 0.189 e. The van der Waals surface area contributed by atoms with Gasteiger partial charge in [-0.1, -0.05) is 13.0 Å². The minimum atomic E-state index is -0.815. The molecule has 1 aromatic rings. The van der Waals surface area contributed by atoms with Crippen molar-refractivity contribution < 1.29 is 27.8 Å². The van der Waals surface area contributed by atoms with Crippen LogP contribution in [0.25, 0.3) is 0 Å². The number of benzene rings is 1. The van der Waals surface area contributed by atoms with Gasteiger partial charge in [0.05, 0.1) is 7.11 Å². The topological polar surface area (TPSA) is 44.8 Å². The van der Waals surface area contributed by atoms with Gasteiger partial charge in [0.25, 0.3) is 0 Å². The van der Waals surface area contributed by atoms with Crippen LogP contribution in [0.4, 0.5) is 8.78 Å². The molecular formula is C20H22F2O4. The molecule has 140 valence electrons. The molecule has 1 aliphatic heterocycles. The second kappa shape index (κ2) is 7.19. The normalized spacial score (nSPS) is 25.9. The highest BCUT2D eigenvalue weighted by atomic mass is 19.1. The minimum absolute atomic E-state index is 0.0186. The number of hydrogen-bond acceptors (Lipinski definition) is 4. The van der Waals surface area contributed by atoms with Crippen LogP contribution < -0.4 is 4.74 Å². The first-order chi connectivity index (χ1) is 12.4. The molecule has 1 aliphatic carbocycles. The van der Waals surface area contributed by atoms with Gasteiger partial charge < -0.3 is 14.2 Å². The Bertz CT molecular complexity index is 758. The van der Waals surface area contributed by atoms with E-state index in [9.17, 15) is 13.6 Å². The Morgan fingerprint density at radius 1 is 1.42 bits per heavy atom. The van der Waals surface area contributed by atoms with E-state index in [-0.39, 0.29) is 42.1 Å². The first-order valence-electron chi connectivity index (χ1n) is 8.57. The van der Waals surface area contributed by atoms with E-state index < -0.39 is 17.2 Å². The molecule has 1 heterocycles. The molecule has 1 fully saturated rings. The molecule has 1 aromatic carbocycles. The van der Waals surface area contributed by atoms with Gasteiger partial charge in [-0.2, -0.15) is 0 Å². The van der Waals surface area contributed by atoms with E-state index in [1.807, 2.05) is 6.92 Å². The van der Waals surface area contributed by atoms with Gasteiger partial charge in [0.15, 0.2) is 24.1 Å². The monoisotopic (exact) mass is 364 g/mol. The van der Waals surface area contributed by atoms with Crippen molar-refractivity contribution in [2.24, 2.45) is 11.8 Å². The quantitative estimate of drug-likeness (QED) is 0.717. The van der Waals surface area contributed by atoms with Gasteiger partial charge in [0.2, 0.25) is 0 Å². The third kappa shape index (κ3) is 3.14. The predicted octanol–water partition coefficient (Wildman–Crippen LogP) is 3.94. The Morgan fingerprint density at radius 3 is 2.88 bits per heavy atom. The largest absolute Gasteiger partial charge is 0.494 e. The Labute approximate surface area is 151 Å². The molecule has 6 heteroatoms. The molecule has 0 radical (unpaired) electrons. The second-order valence-electron chi connectivity index (χ2n) is 6.82. The summed E-state index contributed by atoms with van der Waals surface area (Å²) in [6.07, 6.45) is 4.39. The van der Waals surface area contributed by atoms with Crippen LogP contribution in [0, 0.1) is 23.5 Å². The van der Waals surface area contributed by atoms with Crippen molar-refractivity contribution in [2.45, 2.75) is 31.8 Å². The molecule has 4 nitrogen and oxygen atoms in total. The van der Waals surface area contributed by atoms with Crippen LogP contribution in [-0.2, 0) is 20.7 Å². The fraction of sp³-hybridized carbons (Fsp3) is 0.450. The lowest BCUT2D eigenvalue weighted by molar-refractivity contribution is -0.123. The summed E-state index contributed by atoms with van der Waals surface area (Å²) < 4.78 is 44.6. The van der Waals surface area contributed by atoms with Crippen molar-refractivity contribution in [3.05, 3.63) is 53.8 Å². The number of hydrogen-bond donors (Lipinski definition) is 0. The predicted molar refractivity (Wildman–Crippen MR) is 91.6 cm³/mol. The highest BCUT2D eigenvalue weighted by Crippen LogP contribution is 2.46. The molecule has 0 saturated carbocycles. The smallest absolute Gasteiger partial charge is 0.189 e. The van der Waals surface area contributed by atoms with Gasteiger partial charge in [-0.25, -0.2) is 8.78 Å². The van der Waals surface area contributed by atoms with Crippen molar-refractivity contribution in [3.8, 4) is 5.75 Å². The zero-order chi connectivity index (χ0) is 18.9. The molecule has 26 heavy (non-hydrogen) atoms. The fourth-order valence-electron chi connectivity index (χ4n) is 3.79. The van der Waals surface area contributed by atoms with Gasteiger partial charge in [0.1, 0.15) is 17.2 Å². The van der Waals surface area contributed by atoms with Crippen LogP contribution in [0.2, 0.25) is 0 Å². The minimum Gasteiger partial charge on any atom is -0.494 e. The second-order valence-corrected chi connectivity index (χ2v) is 6.82. The standard InChI is InChI=1S/C20H22F2O4/c1-4-5-13-10-20(19(9-17(13)23)25-11-26-20)12(2)6-14-7-16(22)18(24-3)8-15(14)21/h4,7-9,12-13H,1,5-6,10-11H2,2-3H3/t12-,13+,20-/m1/s1. The van der Waals surface area contributed by atoms with Crippen molar-refractivity contribution in [1.29, 1.82) is 0 Å². The van der Waals surface area contributed by atoms with Crippen molar-refractivity contribution in [1.82, 2.24) is 0 Å². The van der Waals surface area contributed by atoms with Gasteiger partial charge in [0, 0.05) is 18.1 Å². The van der Waals surface area contributed by atoms with Crippen molar-refractivity contribution >= 4 is 5.78 Å². The summed E-state index contributed by atoms with van der Waals surface area (Å²) in [4.78, 5) is 12.2. The molecular weight excluding hydrogens is 342 g/mol. The molecule has 0 unspecified atom stereocenters. The van der Waals surface area contributed by atoms with E-state index in [0.29, 0.717) is 18.6 Å². The first kappa shape index (κ1) is 18.6. The molecule has 3 atom stereocenters. The number of carbonyl (C=O) groups is 1. The van der Waals surface area contributed by atoms with E-state index >= 15 is 0 Å². The molecule has 3 rings (SSSR count). The molecule has 1 saturated heterocycles. The van der Waals surface area contributed by atoms with E-state index in [2.05, 4.69) is 6.58 Å². The highest BCUT2D eigenvalue weighted by Gasteiger charge is 2.51. The number of methoxy groups -OCH3 is 1. The number of halogens is 2. The summed E-state index contributed by atoms with van der Waals surface area (Å²) in [5.74, 6) is -1.30. The summed E-state index contributed by atoms with van der Waals surface area (Å²) in [6.45, 7) is 5.64. The van der Waals surface area contributed by atoms with Crippen LogP contribution in [0.15, 0.2) is 36.6 Å². The fourth-order valence-corrected chi connectivity index (χ4v) is 3.79. The SMILES string of the molecule is C=CC[C@H]1C[C@]2([C@H](C)Cc3cc(F)c(OC)cc3F)OCOC2=CC1=O. The summed E-state index contributed by atoms with van der Waals surface area (Å²) in [7, 11) is 1.29. The maximum atomic E-state index is 14.3. The van der Waals surface area contributed by atoms with Gasteiger partial charge in [-0.15, -0.1) is 6.58 Å². The third-order valence-corrected chi connectivity index (χ3v) is 5.27. The number of allylic oxidation sites excluding steroid dienone is 2. The highest BCUT2D eigenvalue weighted by molar-refractivity contribution is 5.93.